The van der Waals surface area contributed by atoms with Crippen molar-refractivity contribution in [2.45, 2.75) is 71.5 Å². The summed E-state index contributed by atoms with van der Waals surface area (Å²) in [5, 5.41) is 0. The Balaban J connectivity index is 1.04. The Labute approximate surface area is 222 Å². The molecule has 200 valence electrons. The first-order valence-electron chi connectivity index (χ1n) is 14.6. The zero-order chi connectivity index (χ0) is 25.6. The molecule has 5 rings (SSSR count). The first-order valence-corrected chi connectivity index (χ1v) is 14.6. The number of benzene rings is 1. The molecule has 2 fully saturated rings. The summed E-state index contributed by atoms with van der Waals surface area (Å²) >= 11 is 0. The molecule has 37 heavy (non-hydrogen) atoms. The number of amides is 1. The van der Waals surface area contributed by atoms with E-state index in [1.54, 1.807) is 0 Å². The van der Waals surface area contributed by atoms with Gasteiger partial charge in [0.1, 0.15) is 5.75 Å². The second-order valence-electron chi connectivity index (χ2n) is 11.4. The molecule has 2 atom stereocenters. The molecule has 4 aliphatic rings. The van der Waals surface area contributed by atoms with Crippen LogP contribution in [0, 0.1) is 23.7 Å². The Morgan fingerprint density at radius 1 is 0.946 bits per heavy atom. The van der Waals surface area contributed by atoms with Gasteiger partial charge in [-0.2, -0.15) is 0 Å². The highest BCUT2D eigenvalue weighted by molar-refractivity contribution is 5.85. The van der Waals surface area contributed by atoms with Gasteiger partial charge in [0, 0.05) is 50.4 Å². The highest BCUT2D eigenvalue weighted by Gasteiger charge is 2.31. The summed E-state index contributed by atoms with van der Waals surface area (Å²) in [4.78, 5) is 26.8. The second-order valence-corrected chi connectivity index (χ2v) is 11.4. The fourth-order valence-electron chi connectivity index (χ4n) is 6.13. The van der Waals surface area contributed by atoms with Crippen LogP contribution in [0.3, 0.4) is 0 Å². The maximum Gasteiger partial charge on any atom is 0.226 e. The summed E-state index contributed by atoms with van der Waals surface area (Å²) in [5.41, 5.74) is 2.63. The lowest BCUT2D eigenvalue weighted by molar-refractivity contribution is -0.134. The maximum absolute atomic E-state index is 12.9. The number of carbonyl (C=O) groups excluding carboxylic acids is 1. The molecule has 6 heteroatoms. The maximum atomic E-state index is 12.9. The quantitative estimate of drug-likeness (QED) is 0.457. The molecule has 1 amide bonds. The summed E-state index contributed by atoms with van der Waals surface area (Å²) in [6.45, 7) is 9.14. The van der Waals surface area contributed by atoms with Gasteiger partial charge in [0.15, 0.2) is 6.29 Å². The Bertz CT molecular complexity index is 979. The van der Waals surface area contributed by atoms with E-state index in [2.05, 4.69) is 76.4 Å². The van der Waals surface area contributed by atoms with Crippen molar-refractivity contribution in [1.29, 1.82) is 0 Å². The largest absolute Gasteiger partial charge is 0.493 e. The number of allylic oxidation sites excluding steroid dienone is 2. The van der Waals surface area contributed by atoms with Gasteiger partial charge in [-0.1, -0.05) is 38.5 Å². The van der Waals surface area contributed by atoms with Gasteiger partial charge < -0.3 is 9.64 Å². The van der Waals surface area contributed by atoms with Gasteiger partial charge in [0.05, 0.1) is 6.61 Å². The van der Waals surface area contributed by atoms with E-state index in [1.807, 2.05) is 0 Å². The van der Waals surface area contributed by atoms with Gasteiger partial charge in [-0.05, 0) is 80.1 Å². The molecular weight excluding hydrogens is 460 g/mol. The van der Waals surface area contributed by atoms with Crippen LogP contribution in [0.4, 0.5) is 0 Å². The number of aliphatic imine (C=N–C) groups is 2. The Kier molecular flexibility index (Phi) is 8.75. The summed E-state index contributed by atoms with van der Waals surface area (Å²) < 4.78 is 6.17. The van der Waals surface area contributed by atoms with Crippen molar-refractivity contribution in [2.75, 3.05) is 32.8 Å². The van der Waals surface area contributed by atoms with Gasteiger partial charge in [-0.25, -0.2) is 0 Å². The zero-order valence-corrected chi connectivity index (χ0v) is 22.7. The number of rotatable bonds is 8. The molecule has 2 unspecified atom stereocenters. The lowest BCUT2D eigenvalue weighted by atomic mass is 9.86. The van der Waals surface area contributed by atoms with Crippen LogP contribution < -0.4 is 4.74 Å². The molecule has 0 bridgehead atoms. The second kappa shape index (κ2) is 12.4. The molecule has 0 aromatic heterocycles. The van der Waals surface area contributed by atoms with Gasteiger partial charge in [0.25, 0.3) is 0 Å². The molecule has 2 saturated heterocycles. The molecule has 0 saturated carbocycles. The summed E-state index contributed by atoms with van der Waals surface area (Å²) in [5.74, 6) is 3.17. The van der Waals surface area contributed by atoms with Crippen molar-refractivity contribution in [3.05, 3.63) is 35.9 Å². The van der Waals surface area contributed by atoms with Crippen molar-refractivity contribution in [1.82, 2.24) is 9.80 Å². The number of hydrogen-bond donors (Lipinski definition) is 0. The third kappa shape index (κ3) is 6.51. The normalized spacial score (nSPS) is 28.9. The van der Waals surface area contributed by atoms with Gasteiger partial charge >= 0.3 is 0 Å². The van der Waals surface area contributed by atoms with Crippen LogP contribution >= 0.6 is 0 Å². The molecule has 0 radical (unpaired) electrons. The van der Waals surface area contributed by atoms with E-state index < -0.39 is 0 Å². The van der Waals surface area contributed by atoms with E-state index in [4.69, 9.17) is 4.74 Å². The van der Waals surface area contributed by atoms with Crippen molar-refractivity contribution in [3.63, 3.8) is 0 Å². The Morgan fingerprint density at radius 3 is 2.30 bits per heavy atom. The average molecular weight is 505 g/mol. The fourth-order valence-corrected chi connectivity index (χ4v) is 6.13. The molecule has 1 aromatic carbocycles. The predicted octanol–water partition coefficient (Wildman–Crippen LogP) is 5.68. The van der Waals surface area contributed by atoms with E-state index in [1.165, 1.54) is 24.0 Å². The molecule has 0 spiro atoms. The molecule has 3 aliphatic heterocycles. The minimum atomic E-state index is -0.0201. The topological polar surface area (TPSA) is 57.5 Å². The van der Waals surface area contributed by atoms with Crippen LogP contribution in [0.15, 0.2) is 40.3 Å². The van der Waals surface area contributed by atoms with Crippen molar-refractivity contribution in [2.24, 2.45) is 33.7 Å². The van der Waals surface area contributed by atoms with Crippen molar-refractivity contribution in [3.8, 4) is 5.75 Å². The summed E-state index contributed by atoms with van der Waals surface area (Å²) in [6.07, 6.45) is 14.9. The van der Waals surface area contributed by atoms with Crippen LogP contribution in [0.5, 0.6) is 5.75 Å². The van der Waals surface area contributed by atoms with E-state index in [0.717, 1.165) is 77.1 Å². The van der Waals surface area contributed by atoms with Crippen LogP contribution in [-0.2, 0) is 4.79 Å². The molecule has 1 aromatic rings. The molecule has 6 nitrogen and oxygen atoms in total. The number of carbonyl (C=O) groups is 1. The van der Waals surface area contributed by atoms with Crippen LogP contribution in [0.25, 0.3) is 5.57 Å². The van der Waals surface area contributed by atoms with Gasteiger partial charge in [-0.15, -0.1) is 0 Å². The first-order chi connectivity index (χ1) is 18.1. The lowest BCUT2D eigenvalue weighted by Gasteiger charge is -2.34. The lowest BCUT2D eigenvalue weighted by Crippen LogP contribution is -2.42. The number of likely N-dealkylation sites (tertiary alicyclic amines) is 2. The fraction of sp³-hybridized carbons (Fsp3) is 0.645. The number of ether oxygens (including phenoxy) is 1. The van der Waals surface area contributed by atoms with E-state index in [9.17, 15) is 4.79 Å². The third-order valence-electron chi connectivity index (χ3n) is 8.91. The number of nitrogens with zero attached hydrogens (tertiary/aromatic N) is 4. The third-order valence-corrected chi connectivity index (χ3v) is 8.91. The molecule has 1 aliphatic carbocycles. The molecule has 0 N–H and O–H groups in total. The predicted molar refractivity (Wildman–Crippen MR) is 151 cm³/mol. The standard InChI is InChI=1S/C31H44N4O2/c1-3-23-13-18-35(21-23)30(36)28-7-5-26(6-8-28)27-9-11-29(12-10-27)37-22-25-14-16-34(17-15-25)31-32-19-24(4-2)20-33-31/h5,9-12,19-20,23-25,28,31H,3-4,6-8,13-18,21-22H2,1-2H3. The number of piperidine rings is 1. The molecular formula is C31H44N4O2. The van der Waals surface area contributed by atoms with E-state index >= 15 is 0 Å². The zero-order valence-electron chi connectivity index (χ0n) is 22.7. The van der Waals surface area contributed by atoms with Gasteiger partial charge in [-0.3, -0.25) is 19.7 Å². The van der Waals surface area contributed by atoms with E-state index in [0.29, 0.717) is 23.7 Å². The van der Waals surface area contributed by atoms with Crippen molar-refractivity contribution < 1.29 is 9.53 Å². The average Bonchev–Trinajstić information content (AvgIpc) is 3.46. The monoisotopic (exact) mass is 504 g/mol. The van der Waals surface area contributed by atoms with E-state index in [-0.39, 0.29) is 12.2 Å². The Hall–Kier alpha value is -2.47. The Morgan fingerprint density at radius 2 is 1.68 bits per heavy atom. The van der Waals surface area contributed by atoms with Crippen LogP contribution in [0.2, 0.25) is 0 Å². The SMILES string of the molecule is CCC1C=NC(N2CCC(COc3ccc(C4=CCC(C(=O)N5CCC(CC)C5)CC4)cc3)CC2)N=C1. The van der Waals surface area contributed by atoms with Crippen molar-refractivity contribution >= 4 is 23.9 Å². The minimum Gasteiger partial charge on any atom is -0.493 e. The van der Waals surface area contributed by atoms with Crippen LogP contribution in [-0.4, -0.2) is 67.2 Å². The van der Waals surface area contributed by atoms with Crippen LogP contribution in [0.1, 0.15) is 70.8 Å². The smallest absolute Gasteiger partial charge is 0.226 e. The highest BCUT2D eigenvalue weighted by Crippen LogP contribution is 2.33. The number of hydrogen-bond acceptors (Lipinski definition) is 5. The minimum absolute atomic E-state index is 0.0201. The highest BCUT2D eigenvalue weighted by atomic mass is 16.5. The molecule has 3 heterocycles. The van der Waals surface area contributed by atoms with Gasteiger partial charge in [0.2, 0.25) is 5.91 Å². The summed E-state index contributed by atoms with van der Waals surface area (Å²) in [6, 6.07) is 8.57. The summed E-state index contributed by atoms with van der Waals surface area (Å²) in [7, 11) is 0. The first kappa shape index (κ1) is 26.1.